The smallest absolute Gasteiger partial charge is 0.0908 e. The molecule has 0 saturated heterocycles. The Bertz CT molecular complexity index is 674. The lowest BCUT2D eigenvalue weighted by Crippen LogP contribution is -2.14. The van der Waals surface area contributed by atoms with Crippen molar-refractivity contribution < 1.29 is 0 Å². The number of hydrogen-bond donors (Lipinski definition) is 0. The Morgan fingerprint density at radius 1 is 0.897 bits per heavy atom. The van der Waals surface area contributed by atoms with Crippen LogP contribution in [-0.2, 0) is 6.42 Å². The predicted octanol–water partition coefficient (Wildman–Crippen LogP) is 8.14. The van der Waals surface area contributed by atoms with Gasteiger partial charge in [0.25, 0.3) is 0 Å². The largest absolute Gasteiger partial charge is 0.193 e. The molecule has 0 atom stereocenters. The number of allylic oxidation sites excluding steroid dienone is 4. The van der Waals surface area contributed by atoms with E-state index in [2.05, 4.69) is 49.4 Å². The Kier molecular flexibility index (Phi) is 9.07. The van der Waals surface area contributed by atoms with Crippen LogP contribution in [-0.4, -0.2) is 0 Å². The number of hydrogen-bond acceptors (Lipinski definition) is 1. The van der Waals surface area contributed by atoms with Gasteiger partial charge in [-0.05, 0) is 105 Å². The van der Waals surface area contributed by atoms with E-state index in [-0.39, 0.29) is 0 Å². The molecule has 0 N–H and O–H groups in total. The van der Waals surface area contributed by atoms with E-state index in [1.165, 1.54) is 76.2 Å². The molecule has 0 spiro atoms. The Balaban J connectivity index is 1.36. The molecular formula is C28H39N. The predicted molar refractivity (Wildman–Crippen MR) is 124 cm³/mol. The van der Waals surface area contributed by atoms with Crippen molar-refractivity contribution >= 4 is 0 Å². The monoisotopic (exact) mass is 389 g/mol. The Labute approximate surface area is 178 Å². The van der Waals surface area contributed by atoms with Gasteiger partial charge < -0.3 is 0 Å². The van der Waals surface area contributed by atoms with Gasteiger partial charge in [-0.25, -0.2) is 0 Å². The first kappa shape index (κ1) is 21.9. The molecule has 1 aromatic carbocycles. The number of benzene rings is 1. The van der Waals surface area contributed by atoms with Gasteiger partial charge >= 0.3 is 0 Å². The molecule has 1 heteroatoms. The highest BCUT2D eigenvalue weighted by Crippen LogP contribution is 2.37. The maximum absolute atomic E-state index is 8.56. The molecule has 2 fully saturated rings. The van der Waals surface area contributed by atoms with E-state index >= 15 is 0 Å². The van der Waals surface area contributed by atoms with E-state index in [0.717, 1.165) is 30.1 Å². The van der Waals surface area contributed by atoms with Gasteiger partial charge in [-0.2, -0.15) is 5.26 Å². The van der Waals surface area contributed by atoms with E-state index < -0.39 is 0 Å². The van der Waals surface area contributed by atoms with Crippen molar-refractivity contribution in [2.45, 2.75) is 89.9 Å². The van der Waals surface area contributed by atoms with Gasteiger partial charge in [-0.3, -0.25) is 0 Å². The summed E-state index contributed by atoms with van der Waals surface area (Å²) >= 11 is 0. The normalized spacial score (nSPS) is 28.0. The lowest BCUT2D eigenvalue weighted by Gasteiger charge is -2.29. The van der Waals surface area contributed by atoms with Crippen molar-refractivity contribution in [2.75, 3.05) is 0 Å². The van der Waals surface area contributed by atoms with Crippen molar-refractivity contribution in [2.24, 2.45) is 17.8 Å². The van der Waals surface area contributed by atoms with Gasteiger partial charge in [0.15, 0.2) is 0 Å². The lowest BCUT2D eigenvalue weighted by molar-refractivity contribution is 0.295. The third kappa shape index (κ3) is 7.18. The fourth-order valence-electron chi connectivity index (χ4n) is 5.34. The fourth-order valence-corrected chi connectivity index (χ4v) is 5.34. The van der Waals surface area contributed by atoms with Crippen molar-refractivity contribution in [3.63, 3.8) is 0 Å². The van der Waals surface area contributed by atoms with E-state index in [1.807, 2.05) is 6.08 Å². The van der Waals surface area contributed by atoms with Gasteiger partial charge in [-0.15, -0.1) is 0 Å². The second kappa shape index (κ2) is 12.0. The maximum Gasteiger partial charge on any atom is 0.0908 e. The van der Waals surface area contributed by atoms with Crippen molar-refractivity contribution in [3.05, 3.63) is 59.7 Å². The minimum absolute atomic E-state index is 0.779. The molecule has 2 aliphatic rings. The SMILES string of the molecule is CCCc1ccc([C@H]2CC[C@H](C=C[C@H]3CC[C@H](CCC=CC#N)CC3)CC2)cc1. The summed E-state index contributed by atoms with van der Waals surface area (Å²) in [5.74, 6) is 3.27. The van der Waals surface area contributed by atoms with Gasteiger partial charge in [0, 0.05) is 6.08 Å². The molecule has 1 nitrogen and oxygen atoms in total. The Morgan fingerprint density at radius 2 is 1.52 bits per heavy atom. The van der Waals surface area contributed by atoms with E-state index in [9.17, 15) is 0 Å². The van der Waals surface area contributed by atoms with Crippen molar-refractivity contribution in [1.29, 1.82) is 5.26 Å². The maximum atomic E-state index is 8.56. The summed E-state index contributed by atoms with van der Waals surface area (Å²) in [6, 6.07) is 11.6. The Hall–Kier alpha value is -1.81. The zero-order chi connectivity index (χ0) is 20.3. The summed E-state index contributed by atoms with van der Waals surface area (Å²) in [5.41, 5.74) is 3.05. The van der Waals surface area contributed by atoms with Crippen LogP contribution in [0.3, 0.4) is 0 Å². The summed E-state index contributed by atoms with van der Waals surface area (Å²) in [4.78, 5) is 0. The van der Waals surface area contributed by atoms with E-state index in [0.29, 0.717) is 0 Å². The second-order valence-electron chi connectivity index (χ2n) is 9.38. The van der Waals surface area contributed by atoms with Crippen LogP contribution in [0, 0.1) is 29.1 Å². The standard InChI is InChI=1S/C28H39N/c1-2-6-23-14-18-27(19-15-23)28-20-16-26(17-21-28)13-12-25-10-8-24(9-11-25)7-4-3-5-22-29/h3,5,12-15,18-19,24-26,28H,2,4,6-11,16-17,20-21H2,1H3/t24-,25-,26-,28-. The van der Waals surface area contributed by atoms with Gasteiger partial charge in [0.2, 0.25) is 0 Å². The minimum Gasteiger partial charge on any atom is -0.193 e. The van der Waals surface area contributed by atoms with Gasteiger partial charge in [-0.1, -0.05) is 55.8 Å². The van der Waals surface area contributed by atoms with Crippen LogP contribution < -0.4 is 0 Å². The average molecular weight is 390 g/mol. The van der Waals surface area contributed by atoms with Crippen LogP contribution in [0.15, 0.2) is 48.6 Å². The van der Waals surface area contributed by atoms with Crippen molar-refractivity contribution in [1.82, 2.24) is 0 Å². The van der Waals surface area contributed by atoms with Crippen LogP contribution in [0.4, 0.5) is 0 Å². The van der Waals surface area contributed by atoms with E-state index in [4.69, 9.17) is 5.26 Å². The second-order valence-corrected chi connectivity index (χ2v) is 9.38. The molecule has 0 unspecified atom stereocenters. The van der Waals surface area contributed by atoms with Gasteiger partial charge in [0.1, 0.15) is 0 Å². The van der Waals surface area contributed by atoms with Crippen LogP contribution in [0.2, 0.25) is 0 Å². The first-order chi connectivity index (χ1) is 14.3. The highest BCUT2D eigenvalue weighted by Gasteiger charge is 2.22. The summed E-state index contributed by atoms with van der Waals surface area (Å²) in [5, 5.41) is 8.56. The number of nitrogens with zero attached hydrogens (tertiary/aromatic N) is 1. The third-order valence-electron chi connectivity index (χ3n) is 7.24. The van der Waals surface area contributed by atoms with Crippen LogP contribution >= 0.6 is 0 Å². The highest BCUT2D eigenvalue weighted by molar-refractivity contribution is 5.26. The molecule has 0 bridgehead atoms. The average Bonchev–Trinajstić information content (AvgIpc) is 2.77. The molecule has 1 aromatic rings. The molecule has 0 heterocycles. The van der Waals surface area contributed by atoms with E-state index in [1.54, 1.807) is 11.6 Å². The molecule has 0 aromatic heterocycles. The summed E-state index contributed by atoms with van der Waals surface area (Å²) in [6.45, 7) is 2.25. The summed E-state index contributed by atoms with van der Waals surface area (Å²) in [6.07, 6.45) is 24.5. The third-order valence-corrected chi connectivity index (χ3v) is 7.24. The zero-order valence-electron chi connectivity index (χ0n) is 18.4. The molecule has 156 valence electrons. The van der Waals surface area contributed by atoms with Crippen LogP contribution in [0.1, 0.15) is 94.6 Å². The molecule has 2 aliphatic carbocycles. The molecule has 0 aliphatic heterocycles. The Morgan fingerprint density at radius 3 is 2.10 bits per heavy atom. The quantitative estimate of drug-likeness (QED) is 0.325. The number of nitriles is 1. The molecule has 0 radical (unpaired) electrons. The minimum atomic E-state index is 0.779. The fraction of sp³-hybridized carbons (Fsp3) is 0.607. The first-order valence-electron chi connectivity index (χ1n) is 12.1. The van der Waals surface area contributed by atoms with Crippen LogP contribution in [0.25, 0.3) is 0 Å². The van der Waals surface area contributed by atoms with Crippen molar-refractivity contribution in [3.8, 4) is 6.07 Å². The molecule has 0 amide bonds. The molecule has 29 heavy (non-hydrogen) atoms. The van der Waals surface area contributed by atoms with Crippen LogP contribution in [0.5, 0.6) is 0 Å². The van der Waals surface area contributed by atoms with Gasteiger partial charge in [0.05, 0.1) is 6.07 Å². The molecule has 3 rings (SSSR count). The molecule has 2 saturated carbocycles. The first-order valence-corrected chi connectivity index (χ1v) is 12.1. The topological polar surface area (TPSA) is 23.8 Å². The zero-order valence-corrected chi connectivity index (χ0v) is 18.4. The lowest BCUT2D eigenvalue weighted by atomic mass is 9.77. The summed E-state index contributed by atoms with van der Waals surface area (Å²) in [7, 11) is 0. The number of aryl methyl sites for hydroxylation is 1. The molecular weight excluding hydrogens is 350 g/mol. The highest BCUT2D eigenvalue weighted by atomic mass is 14.3. The summed E-state index contributed by atoms with van der Waals surface area (Å²) < 4.78 is 0. The number of rotatable bonds is 8.